The zero-order valence-electron chi connectivity index (χ0n) is 21.2. The van der Waals surface area contributed by atoms with E-state index in [-0.39, 0.29) is 17.3 Å². The molecule has 0 heterocycles. The normalized spacial score (nSPS) is 12.0. The predicted molar refractivity (Wildman–Crippen MR) is 150 cm³/mol. The van der Waals surface area contributed by atoms with Crippen molar-refractivity contribution in [2.24, 2.45) is 0 Å². The van der Waals surface area contributed by atoms with Crippen LogP contribution in [0.3, 0.4) is 0 Å². The summed E-state index contributed by atoms with van der Waals surface area (Å²) in [7, 11) is -4.08. The lowest BCUT2D eigenvalue weighted by molar-refractivity contribution is -0.140. The van der Waals surface area contributed by atoms with Gasteiger partial charge in [0.25, 0.3) is 10.0 Å². The molecule has 2 amide bonds. The molecule has 37 heavy (non-hydrogen) atoms. The SMILES string of the molecule is CCNC(=O)[C@H](CC)N(Cc1ccccc1)C(=O)CN(c1ccc(Br)cc1)S(=O)(=O)c1ccc(C)cc1. The van der Waals surface area contributed by atoms with Gasteiger partial charge in [0.15, 0.2) is 0 Å². The summed E-state index contributed by atoms with van der Waals surface area (Å²) >= 11 is 3.38. The third-order valence-corrected chi connectivity index (χ3v) is 8.25. The highest BCUT2D eigenvalue weighted by Gasteiger charge is 2.33. The van der Waals surface area contributed by atoms with E-state index in [1.807, 2.05) is 51.1 Å². The molecule has 0 saturated carbocycles. The van der Waals surface area contributed by atoms with Crippen LogP contribution >= 0.6 is 15.9 Å². The molecule has 0 saturated heterocycles. The summed E-state index contributed by atoms with van der Waals surface area (Å²) in [5, 5.41) is 2.80. The highest BCUT2D eigenvalue weighted by molar-refractivity contribution is 9.10. The Labute approximate surface area is 227 Å². The number of carbonyl (C=O) groups excluding carboxylic acids is 2. The maximum Gasteiger partial charge on any atom is 0.264 e. The van der Waals surface area contributed by atoms with Gasteiger partial charge >= 0.3 is 0 Å². The van der Waals surface area contributed by atoms with E-state index in [0.29, 0.717) is 18.7 Å². The fourth-order valence-electron chi connectivity index (χ4n) is 3.97. The molecular formula is C28H32BrN3O4S. The first-order chi connectivity index (χ1) is 17.7. The van der Waals surface area contributed by atoms with E-state index in [9.17, 15) is 18.0 Å². The Kier molecular flexibility index (Phi) is 9.88. The molecule has 0 fully saturated rings. The molecule has 1 N–H and O–H groups in total. The van der Waals surface area contributed by atoms with Crippen LogP contribution in [0.4, 0.5) is 5.69 Å². The van der Waals surface area contributed by atoms with E-state index < -0.39 is 28.5 Å². The van der Waals surface area contributed by atoms with Crippen LogP contribution in [0.2, 0.25) is 0 Å². The van der Waals surface area contributed by atoms with Crippen molar-refractivity contribution in [1.82, 2.24) is 10.2 Å². The lowest BCUT2D eigenvalue weighted by atomic mass is 10.1. The average Bonchev–Trinajstić information content (AvgIpc) is 2.88. The van der Waals surface area contributed by atoms with E-state index in [0.717, 1.165) is 19.9 Å². The standard InChI is InChI=1S/C28H32BrN3O4S/c1-4-26(28(34)30-5-2)31(19-22-9-7-6-8-10-22)27(33)20-32(24-15-13-23(29)14-16-24)37(35,36)25-17-11-21(3)12-18-25/h6-18,26H,4-5,19-20H2,1-3H3,(H,30,34)/t26-/m0/s1. The highest BCUT2D eigenvalue weighted by Crippen LogP contribution is 2.26. The van der Waals surface area contributed by atoms with Gasteiger partial charge in [-0.1, -0.05) is 70.9 Å². The fourth-order valence-corrected chi connectivity index (χ4v) is 5.64. The number of anilines is 1. The van der Waals surface area contributed by atoms with Crippen molar-refractivity contribution in [1.29, 1.82) is 0 Å². The molecule has 9 heteroatoms. The Morgan fingerprint density at radius 3 is 2.11 bits per heavy atom. The Balaban J connectivity index is 2.04. The summed E-state index contributed by atoms with van der Waals surface area (Å²) in [4.78, 5) is 28.3. The number of rotatable bonds is 11. The number of benzene rings is 3. The van der Waals surface area contributed by atoms with E-state index in [1.54, 1.807) is 36.4 Å². The molecule has 0 spiro atoms. The van der Waals surface area contributed by atoms with Crippen LogP contribution in [0.25, 0.3) is 0 Å². The van der Waals surface area contributed by atoms with Crippen molar-refractivity contribution < 1.29 is 18.0 Å². The van der Waals surface area contributed by atoms with Crippen molar-refractivity contribution in [3.63, 3.8) is 0 Å². The largest absolute Gasteiger partial charge is 0.355 e. The van der Waals surface area contributed by atoms with Crippen LogP contribution in [-0.2, 0) is 26.2 Å². The maximum absolute atomic E-state index is 13.9. The summed E-state index contributed by atoms with van der Waals surface area (Å²) in [5.41, 5.74) is 2.12. The zero-order valence-corrected chi connectivity index (χ0v) is 23.6. The Bertz CT molecular complexity index is 1300. The van der Waals surface area contributed by atoms with Crippen LogP contribution in [0.1, 0.15) is 31.4 Å². The number of aryl methyl sites for hydroxylation is 1. The number of nitrogens with zero attached hydrogens (tertiary/aromatic N) is 2. The van der Waals surface area contributed by atoms with Crippen molar-refractivity contribution in [2.45, 2.75) is 44.7 Å². The lowest BCUT2D eigenvalue weighted by Crippen LogP contribution is -2.52. The van der Waals surface area contributed by atoms with E-state index >= 15 is 0 Å². The van der Waals surface area contributed by atoms with Gasteiger partial charge in [0, 0.05) is 17.6 Å². The van der Waals surface area contributed by atoms with E-state index in [4.69, 9.17) is 0 Å². The molecular weight excluding hydrogens is 554 g/mol. The molecule has 7 nitrogen and oxygen atoms in total. The molecule has 0 aliphatic heterocycles. The van der Waals surface area contributed by atoms with Gasteiger partial charge < -0.3 is 10.2 Å². The monoisotopic (exact) mass is 585 g/mol. The van der Waals surface area contributed by atoms with Gasteiger partial charge in [-0.15, -0.1) is 0 Å². The quantitative estimate of drug-likeness (QED) is 0.347. The maximum atomic E-state index is 13.9. The number of amides is 2. The number of hydrogen-bond donors (Lipinski definition) is 1. The molecule has 0 aromatic heterocycles. The molecule has 1 atom stereocenters. The Morgan fingerprint density at radius 2 is 1.54 bits per heavy atom. The van der Waals surface area contributed by atoms with Crippen molar-refractivity contribution >= 4 is 43.5 Å². The smallest absolute Gasteiger partial charge is 0.264 e. The average molecular weight is 587 g/mol. The molecule has 0 aliphatic rings. The minimum Gasteiger partial charge on any atom is -0.355 e. The molecule has 3 rings (SSSR count). The summed E-state index contributed by atoms with van der Waals surface area (Å²) in [5.74, 6) is -0.744. The second-order valence-corrected chi connectivity index (χ2v) is 11.4. The zero-order chi connectivity index (χ0) is 27.0. The van der Waals surface area contributed by atoms with Crippen LogP contribution in [0, 0.1) is 6.92 Å². The third kappa shape index (κ3) is 7.20. The predicted octanol–water partition coefficient (Wildman–Crippen LogP) is 4.90. The van der Waals surface area contributed by atoms with Gasteiger partial charge in [-0.3, -0.25) is 13.9 Å². The van der Waals surface area contributed by atoms with Crippen LogP contribution in [0.15, 0.2) is 88.2 Å². The molecule has 3 aromatic carbocycles. The highest BCUT2D eigenvalue weighted by atomic mass is 79.9. The molecule has 0 radical (unpaired) electrons. The number of nitrogens with one attached hydrogen (secondary N) is 1. The van der Waals surface area contributed by atoms with Gasteiger partial charge in [0.05, 0.1) is 10.6 Å². The van der Waals surface area contributed by atoms with Crippen molar-refractivity contribution in [3.05, 3.63) is 94.5 Å². The van der Waals surface area contributed by atoms with Crippen molar-refractivity contribution in [2.75, 3.05) is 17.4 Å². The second-order valence-electron chi connectivity index (χ2n) is 8.63. The summed E-state index contributed by atoms with van der Waals surface area (Å²) in [6.45, 7) is 5.67. The van der Waals surface area contributed by atoms with Gasteiger partial charge in [-0.05, 0) is 62.2 Å². The fraction of sp³-hybridized carbons (Fsp3) is 0.286. The summed E-state index contributed by atoms with van der Waals surface area (Å²) in [6, 6.07) is 21.8. The van der Waals surface area contributed by atoms with Gasteiger partial charge in [0.1, 0.15) is 12.6 Å². The van der Waals surface area contributed by atoms with Gasteiger partial charge in [-0.2, -0.15) is 0 Å². The number of likely N-dealkylation sites (N-methyl/N-ethyl adjacent to an activating group) is 1. The first-order valence-electron chi connectivity index (χ1n) is 12.1. The van der Waals surface area contributed by atoms with Crippen molar-refractivity contribution in [3.8, 4) is 0 Å². The minimum atomic E-state index is -4.08. The number of carbonyl (C=O) groups is 2. The third-order valence-electron chi connectivity index (χ3n) is 5.94. The van der Waals surface area contributed by atoms with Crippen LogP contribution in [-0.4, -0.2) is 44.3 Å². The molecule has 0 unspecified atom stereocenters. The van der Waals surface area contributed by atoms with Gasteiger partial charge in [-0.25, -0.2) is 8.42 Å². The lowest BCUT2D eigenvalue weighted by Gasteiger charge is -2.33. The first-order valence-corrected chi connectivity index (χ1v) is 14.4. The van der Waals surface area contributed by atoms with Gasteiger partial charge in [0.2, 0.25) is 11.8 Å². The van der Waals surface area contributed by atoms with Crippen LogP contribution < -0.4 is 9.62 Å². The topological polar surface area (TPSA) is 86.8 Å². The van der Waals surface area contributed by atoms with E-state index in [1.165, 1.54) is 17.0 Å². The van der Waals surface area contributed by atoms with Crippen LogP contribution in [0.5, 0.6) is 0 Å². The summed E-state index contributed by atoms with van der Waals surface area (Å²) in [6.07, 6.45) is 0.382. The number of halogens is 1. The molecule has 0 aliphatic carbocycles. The molecule has 3 aromatic rings. The Hall–Kier alpha value is -3.17. The molecule has 0 bridgehead atoms. The minimum absolute atomic E-state index is 0.0826. The first kappa shape index (κ1) is 28.4. The van der Waals surface area contributed by atoms with E-state index in [2.05, 4.69) is 21.2 Å². The molecule has 196 valence electrons. The summed E-state index contributed by atoms with van der Waals surface area (Å²) < 4.78 is 29.5. The second kappa shape index (κ2) is 12.9. The number of hydrogen-bond acceptors (Lipinski definition) is 4. The number of sulfonamides is 1. The Morgan fingerprint density at radius 1 is 0.919 bits per heavy atom.